The van der Waals surface area contributed by atoms with Gasteiger partial charge in [-0.3, -0.25) is 14.4 Å². The summed E-state index contributed by atoms with van der Waals surface area (Å²) in [7, 11) is 0. The Morgan fingerprint density at radius 1 is 1.16 bits per heavy atom. The highest BCUT2D eigenvalue weighted by Gasteiger charge is 2.72. The van der Waals surface area contributed by atoms with E-state index < -0.39 is 40.8 Å². The van der Waals surface area contributed by atoms with Gasteiger partial charge in [0.2, 0.25) is 5.91 Å². The van der Waals surface area contributed by atoms with E-state index in [4.69, 9.17) is 0 Å². The minimum absolute atomic E-state index is 0.0844. The minimum atomic E-state index is -5.34. The number of alkyl halides is 3. The maximum Gasteiger partial charge on any atom is 0.425 e. The van der Waals surface area contributed by atoms with E-state index in [1.165, 1.54) is 24.3 Å². The molecule has 0 bridgehead atoms. The predicted octanol–water partition coefficient (Wildman–Crippen LogP) is 4.17. The lowest BCUT2D eigenvalue weighted by atomic mass is 9.85. The number of hydrogen-bond donors (Lipinski definition) is 2. The van der Waals surface area contributed by atoms with E-state index in [1.54, 1.807) is 11.4 Å². The number of aliphatic hydroxyl groups excluding tert-OH is 1. The van der Waals surface area contributed by atoms with Gasteiger partial charge in [-0.15, -0.1) is 0 Å². The largest absolute Gasteiger partial charge is 0.512 e. The predicted molar refractivity (Wildman–Crippen MR) is 107 cm³/mol. The Morgan fingerprint density at radius 2 is 1.77 bits per heavy atom. The number of carbonyl (C=O) groups is 3. The molecule has 1 aromatic rings. The molecule has 1 aromatic carbocycles. The SMILES string of the molecule is C/C(O)=C1/C(=O)N(c2ccccc2)C(=O)[C@]1(NC(=O)CCC1CCCCC1)C(F)(F)F. The zero-order chi connectivity index (χ0) is 22.8. The van der Waals surface area contributed by atoms with Gasteiger partial charge in [0.05, 0.1) is 11.3 Å². The zero-order valence-corrected chi connectivity index (χ0v) is 17.2. The maximum atomic E-state index is 14.3. The molecular formula is C22H25F3N2O4. The third kappa shape index (κ3) is 4.18. The van der Waals surface area contributed by atoms with Crippen molar-refractivity contribution in [3.8, 4) is 0 Å². The third-order valence-corrected chi connectivity index (χ3v) is 5.95. The van der Waals surface area contributed by atoms with Crippen LogP contribution in [0.15, 0.2) is 41.7 Å². The van der Waals surface area contributed by atoms with Gasteiger partial charge in [0.25, 0.3) is 17.4 Å². The van der Waals surface area contributed by atoms with Crippen molar-refractivity contribution in [1.29, 1.82) is 0 Å². The second kappa shape index (κ2) is 8.72. The second-order valence-corrected chi connectivity index (χ2v) is 8.08. The Hall–Kier alpha value is -2.84. The van der Waals surface area contributed by atoms with E-state index in [0.29, 0.717) is 11.3 Å². The van der Waals surface area contributed by atoms with Crippen LogP contribution in [-0.2, 0) is 14.4 Å². The molecule has 1 saturated carbocycles. The quantitative estimate of drug-likeness (QED) is 0.410. The summed E-state index contributed by atoms with van der Waals surface area (Å²) in [6.07, 6.45) is -0.161. The fourth-order valence-corrected chi connectivity index (χ4v) is 4.41. The Balaban J connectivity index is 1.96. The van der Waals surface area contributed by atoms with Crippen LogP contribution in [0.1, 0.15) is 51.9 Å². The first kappa shape index (κ1) is 22.8. The molecule has 1 saturated heterocycles. The van der Waals surface area contributed by atoms with Gasteiger partial charge in [-0.2, -0.15) is 13.2 Å². The van der Waals surface area contributed by atoms with Crippen molar-refractivity contribution in [3.05, 3.63) is 41.7 Å². The van der Waals surface area contributed by atoms with Crippen LogP contribution in [0.5, 0.6) is 0 Å². The lowest BCUT2D eigenvalue weighted by Crippen LogP contribution is -2.64. The van der Waals surface area contributed by atoms with Gasteiger partial charge in [-0.05, 0) is 31.4 Å². The van der Waals surface area contributed by atoms with Gasteiger partial charge in [-0.25, -0.2) is 4.90 Å². The maximum absolute atomic E-state index is 14.3. The number of halogens is 3. The summed E-state index contributed by atoms with van der Waals surface area (Å²) in [5, 5.41) is 11.8. The summed E-state index contributed by atoms with van der Waals surface area (Å²) in [6.45, 7) is 0.893. The number of anilines is 1. The number of nitrogens with zero attached hydrogens (tertiary/aromatic N) is 1. The molecule has 1 atom stereocenters. The van der Waals surface area contributed by atoms with Crippen molar-refractivity contribution < 1.29 is 32.7 Å². The number of nitrogens with one attached hydrogen (secondary N) is 1. The fraction of sp³-hybridized carbons (Fsp3) is 0.500. The van der Waals surface area contributed by atoms with E-state index in [2.05, 4.69) is 0 Å². The number of hydrogen-bond acceptors (Lipinski definition) is 4. The monoisotopic (exact) mass is 438 g/mol. The molecule has 2 aliphatic rings. The molecule has 0 aromatic heterocycles. The number of para-hydroxylation sites is 1. The number of amides is 3. The number of aliphatic hydroxyl groups is 1. The molecule has 0 unspecified atom stereocenters. The lowest BCUT2D eigenvalue weighted by molar-refractivity contribution is -0.189. The molecule has 0 spiro atoms. The first-order valence-corrected chi connectivity index (χ1v) is 10.3. The number of allylic oxidation sites excluding steroid dienone is 1. The number of imide groups is 1. The Kier molecular flexibility index (Phi) is 6.43. The van der Waals surface area contributed by atoms with Crippen molar-refractivity contribution >= 4 is 23.4 Å². The molecule has 0 radical (unpaired) electrons. The van der Waals surface area contributed by atoms with Crippen LogP contribution < -0.4 is 10.2 Å². The number of benzene rings is 1. The van der Waals surface area contributed by atoms with Crippen LogP contribution in [0.25, 0.3) is 0 Å². The van der Waals surface area contributed by atoms with Gasteiger partial charge in [0.1, 0.15) is 5.76 Å². The van der Waals surface area contributed by atoms with E-state index in [9.17, 15) is 32.7 Å². The van der Waals surface area contributed by atoms with E-state index >= 15 is 0 Å². The smallest absolute Gasteiger partial charge is 0.425 e. The number of rotatable bonds is 5. The summed E-state index contributed by atoms with van der Waals surface area (Å²) < 4.78 is 43.0. The normalized spacial score (nSPS) is 24.5. The fourth-order valence-electron chi connectivity index (χ4n) is 4.41. The van der Waals surface area contributed by atoms with Crippen molar-refractivity contribution in [2.75, 3.05) is 4.90 Å². The molecule has 6 nitrogen and oxygen atoms in total. The molecule has 31 heavy (non-hydrogen) atoms. The average molecular weight is 438 g/mol. The average Bonchev–Trinajstić information content (AvgIpc) is 2.95. The second-order valence-electron chi connectivity index (χ2n) is 8.08. The highest BCUT2D eigenvalue weighted by atomic mass is 19.4. The highest BCUT2D eigenvalue weighted by molar-refractivity contribution is 6.34. The first-order valence-electron chi connectivity index (χ1n) is 10.3. The van der Waals surface area contributed by atoms with Crippen LogP contribution in [0.2, 0.25) is 0 Å². The Labute approximate surface area is 178 Å². The number of carbonyl (C=O) groups excluding carboxylic acids is 3. The molecule has 1 aliphatic carbocycles. The molecule has 3 amide bonds. The van der Waals surface area contributed by atoms with Crippen molar-refractivity contribution in [1.82, 2.24) is 5.32 Å². The Morgan fingerprint density at radius 3 is 2.32 bits per heavy atom. The van der Waals surface area contributed by atoms with Crippen LogP contribution in [-0.4, -0.2) is 34.5 Å². The van der Waals surface area contributed by atoms with Crippen LogP contribution >= 0.6 is 0 Å². The topological polar surface area (TPSA) is 86.7 Å². The zero-order valence-electron chi connectivity index (χ0n) is 17.2. The summed E-state index contributed by atoms with van der Waals surface area (Å²) in [4.78, 5) is 38.8. The summed E-state index contributed by atoms with van der Waals surface area (Å²) in [5.74, 6) is -4.69. The summed E-state index contributed by atoms with van der Waals surface area (Å²) >= 11 is 0. The van der Waals surface area contributed by atoms with Crippen LogP contribution in [0.3, 0.4) is 0 Å². The molecule has 1 aliphatic heterocycles. The summed E-state index contributed by atoms with van der Waals surface area (Å²) in [6, 6.07) is 7.10. The summed E-state index contributed by atoms with van der Waals surface area (Å²) in [5.41, 5.74) is -4.90. The molecule has 2 fully saturated rings. The molecule has 9 heteroatoms. The Bertz CT molecular complexity index is 888. The highest BCUT2D eigenvalue weighted by Crippen LogP contribution is 2.45. The first-order chi connectivity index (χ1) is 14.6. The van der Waals surface area contributed by atoms with Crippen molar-refractivity contribution in [2.45, 2.75) is 63.6 Å². The van der Waals surface area contributed by atoms with Gasteiger partial charge < -0.3 is 10.4 Å². The van der Waals surface area contributed by atoms with Crippen molar-refractivity contribution in [2.24, 2.45) is 5.92 Å². The van der Waals surface area contributed by atoms with Gasteiger partial charge in [0, 0.05) is 6.42 Å². The van der Waals surface area contributed by atoms with Crippen molar-refractivity contribution in [3.63, 3.8) is 0 Å². The molecule has 2 N–H and O–H groups in total. The van der Waals surface area contributed by atoms with E-state index in [-0.39, 0.29) is 18.0 Å². The van der Waals surface area contributed by atoms with Crippen LogP contribution in [0, 0.1) is 5.92 Å². The third-order valence-electron chi connectivity index (χ3n) is 5.95. The van der Waals surface area contributed by atoms with Gasteiger partial charge >= 0.3 is 6.18 Å². The molecule has 168 valence electrons. The standard InChI is InChI=1S/C22H25F3N2O4/c1-14(28)18-19(30)27(16-10-6-3-7-11-16)20(31)21(18,22(23,24)25)26-17(29)13-12-15-8-4-2-5-9-15/h3,6-7,10-11,15,28H,2,4-5,8-9,12-13H2,1H3,(H,26,29)/b18-14+/t21-/m0/s1. The van der Waals surface area contributed by atoms with Gasteiger partial charge in [0.15, 0.2) is 0 Å². The van der Waals surface area contributed by atoms with Gasteiger partial charge in [-0.1, -0.05) is 50.3 Å². The van der Waals surface area contributed by atoms with Crippen LogP contribution in [0.4, 0.5) is 18.9 Å². The molecule has 1 heterocycles. The minimum Gasteiger partial charge on any atom is -0.512 e. The molecular weight excluding hydrogens is 413 g/mol. The van der Waals surface area contributed by atoms with E-state index in [1.807, 2.05) is 0 Å². The molecule has 3 rings (SSSR count). The van der Waals surface area contributed by atoms with E-state index in [0.717, 1.165) is 39.0 Å². The lowest BCUT2D eigenvalue weighted by Gasteiger charge is -2.31.